The summed E-state index contributed by atoms with van der Waals surface area (Å²) >= 11 is 3.37. The van der Waals surface area contributed by atoms with Crippen LogP contribution in [0.1, 0.15) is 22.8 Å². The highest BCUT2D eigenvalue weighted by atomic mass is 79.9. The van der Waals surface area contributed by atoms with Gasteiger partial charge < -0.3 is 11.1 Å². The maximum Gasteiger partial charge on any atom is 0.252 e. The van der Waals surface area contributed by atoms with E-state index in [-0.39, 0.29) is 11.9 Å². The fourth-order valence-electron chi connectivity index (χ4n) is 2.04. The zero-order valence-electron chi connectivity index (χ0n) is 11.3. The minimum absolute atomic E-state index is 0.0539. The Morgan fingerprint density at radius 1 is 1.25 bits per heavy atom. The Morgan fingerprint density at radius 2 is 1.95 bits per heavy atom. The van der Waals surface area contributed by atoms with Crippen LogP contribution in [0.3, 0.4) is 0 Å². The molecule has 0 radical (unpaired) electrons. The molecule has 1 unspecified atom stereocenters. The number of amides is 1. The zero-order valence-corrected chi connectivity index (χ0v) is 12.9. The summed E-state index contributed by atoms with van der Waals surface area (Å²) in [5.74, 6) is -0.118. The van der Waals surface area contributed by atoms with Gasteiger partial charge in [0.2, 0.25) is 0 Å². The molecule has 0 spiro atoms. The third kappa shape index (κ3) is 3.84. The number of carbonyl (C=O) groups is 1. The summed E-state index contributed by atoms with van der Waals surface area (Å²) in [4.78, 5) is 12.2. The van der Waals surface area contributed by atoms with Gasteiger partial charge in [0.1, 0.15) is 0 Å². The van der Waals surface area contributed by atoms with Crippen molar-refractivity contribution < 1.29 is 4.79 Å². The SMILES string of the molecule is CC(Cc1ccccc1)NC(=O)c1cc(N)ccc1Br. The first-order valence-electron chi connectivity index (χ1n) is 6.46. The number of hydrogen-bond donors (Lipinski definition) is 2. The van der Waals surface area contributed by atoms with Gasteiger partial charge in [0.05, 0.1) is 5.56 Å². The number of halogens is 1. The van der Waals surface area contributed by atoms with Gasteiger partial charge in [-0.3, -0.25) is 4.79 Å². The first kappa shape index (κ1) is 14.6. The van der Waals surface area contributed by atoms with Gasteiger partial charge in [-0.1, -0.05) is 30.3 Å². The Morgan fingerprint density at radius 3 is 2.65 bits per heavy atom. The molecule has 3 nitrogen and oxygen atoms in total. The van der Waals surface area contributed by atoms with Crippen LogP contribution in [0.25, 0.3) is 0 Å². The molecule has 0 heterocycles. The van der Waals surface area contributed by atoms with Crippen LogP contribution in [0.15, 0.2) is 53.0 Å². The average Bonchev–Trinajstić information content (AvgIpc) is 2.42. The predicted octanol–water partition coefficient (Wildman–Crippen LogP) is 3.39. The highest BCUT2D eigenvalue weighted by molar-refractivity contribution is 9.10. The summed E-state index contributed by atoms with van der Waals surface area (Å²) in [6.45, 7) is 1.99. The fourth-order valence-corrected chi connectivity index (χ4v) is 2.46. The molecular formula is C16H17BrN2O. The van der Waals surface area contributed by atoms with Crippen LogP contribution in [0, 0.1) is 0 Å². The molecule has 1 amide bonds. The lowest BCUT2D eigenvalue weighted by Crippen LogP contribution is -2.34. The Bertz CT molecular complexity index is 599. The van der Waals surface area contributed by atoms with Gasteiger partial charge in [-0.15, -0.1) is 0 Å². The number of nitrogens with one attached hydrogen (secondary N) is 1. The van der Waals surface area contributed by atoms with E-state index in [9.17, 15) is 4.79 Å². The molecule has 0 aliphatic heterocycles. The van der Waals surface area contributed by atoms with Crippen molar-refractivity contribution in [1.29, 1.82) is 0 Å². The molecule has 2 aromatic rings. The van der Waals surface area contributed by atoms with Crippen LogP contribution < -0.4 is 11.1 Å². The van der Waals surface area contributed by atoms with Crippen molar-refractivity contribution in [2.45, 2.75) is 19.4 Å². The molecule has 2 aromatic carbocycles. The van der Waals surface area contributed by atoms with Crippen molar-refractivity contribution in [3.05, 3.63) is 64.1 Å². The second-order valence-electron chi connectivity index (χ2n) is 4.80. The molecule has 0 saturated carbocycles. The van der Waals surface area contributed by atoms with Gasteiger partial charge in [-0.2, -0.15) is 0 Å². The first-order valence-corrected chi connectivity index (χ1v) is 7.25. The quantitative estimate of drug-likeness (QED) is 0.843. The standard InChI is InChI=1S/C16H17BrN2O/c1-11(9-12-5-3-2-4-6-12)19-16(20)14-10-13(18)7-8-15(14)17/h2-8,10-11H,9,18H2,1H3,(H,19,20). The topological polar surface area (TPSA) is 55.1 Å². The van der Waals surface area contributed by atoms with Gasteiger partial charge in [0, 0.05) is 16.2 Å². The molecule has 0 aromatic heterocycles. The average molecular weight is 333 g/mol. The fraction of sp³-hybridized carbons (Fsp3) is 0.188. The van der Waals surface area contributed by atoms with E-state index >= 15 is 0 Å². The van der Waals surface area contributed by atoms with Crippen LogP contribution in [-0.4, -0.2) is 11.9 Å². The van der Waals surface area contributed by atoms with Gasteiger partial charge in [0.25, 0.3) is 5.91 Å². The highest BCUT2D eigenvalue weighted by Crippen LogP contribution is 2.19. The molecule has 4 heteroatoms. The molecular weight excluding hydrogens is 316 g/mol. The van der Waals surface area contributed by atoms with Crippen molar-refractivity contribution in [3.8, 4) is 0 Å². The Balaban J connectivity index is 2.02. The lowest BCUT2D eigenvalue weighted by atomic mass is 10.1. The Hall–Kier alpha value is -1.81. The summed E-state index contributed by atoms with van der Waals surface area (Å²) in [5, 5.41) is 2.99. The smallest absolute Gasteiger partial charge is 0.252 e. The molecule has 20 heavy (non-hydrogen) atoms. The van der Waals surface area contributed by atoms with E-state index in [0.29, 0.717) is 11.3 Å². The maximum atomic E-state index is 12.2. The normalized spacial score (nSPS) is 11.9. The van der Waals surface area contributed by atoms with Gasteiger partial charge in [-0.25, -0.2) is 0 Å². The lowest BCUT2D eigenvalue weighted by Gasteiger charge is -2.15. The monoisotopic (exact) mass is 332 g/mol. The summed E-state index contributed by atoms with van der Waals surface area (Å²) < 4.78 is 0.746. The number of benzene rings is 2. The van der Waals surface area contributed by atoms with Crippen LogP contribution >= 0.6 is 15.9 Å². The van der Waals surface area contributed by atoms with Gasteiger partial charge in [-0.05, 0) is 53.0 Å². The largest absolute Gasteiger partial charge is 0.399 e. The zero-order chi connectivity index (χ0) is 14.5. The van der Waals surface area contributed by atoms with Crippen LogP contribution in [0.4, 0.5) is 5.69 Å². The van der Waals surface area contributed by atoms with E-state index in [0.717, 1.165) is 10.9 Å². The van der Waals surface area contributed by atoms with Gasteiger partial charge >= 0.3 is 0 Å². The molecule has 0 bridgehead atoms. The van der Waals surface area contributed by atoms with Crippen LogP contribution in [0.5, 0.6) is 0 Å². The third-order valence-electron chi connectivity index (χ3n) is 3.00. The van der Waals surface area contributed by atoms with E-state index in [1.165, 1.54) is 5.56 Å². The molecule has 104 valence electrons. The van der Waals surface area contributed by atoms with Crippen LogP contribution in [-0.2, 0) is 6.42 Å². The summed E-state index contributed by atoms with van der Waals surface area (Å²) in [5.41, 5.74) is 8.06. The van der Waals surface area contributed by atoms with Crippen molar-refractivity contribution in [1.82, 2.24) is 5.32 Å². The second kappa shape index (κ2) is 6.57. The van der Waals surface area contributed by atoms with Crippen molar-refractivity contribution in [2.75, 3.05) is 5.73 Å². The minimum atomic E-state index is -0.118. The number of rotatable bonds is 4. The molecule has 1 atom stereocenters. The summed E-state index contributed by atoms with van der Waals surface area (Å²) in [6.07, 6.45) is 0.798. The third-order valence-corrected chi connectivity index (χ3v) is 3.69. The molecule has 0 aliphatic carbocycles. The Kier molecular flexibility index (Phi) is 4.79. The highest BCUT2D eigenvalue weighted by Gasteiger charge is 2.13. The van der Waals surface area contributed by atoms with Crippen molar-refractivity contribution in [3.63, 3.8) is 0 Å². The van der Waals surface area contributed by atoms with E-state index in [1.54, 1.807) is 18.2 Å². The van der Waals surface area contributed by atoms with E-state index in [2.05, 4.69) is 33.4 Å². The van der Waals surface area contributed by atoms with Crippen molar-refractivity contribution in [2.24, 2.45) is 0 Å². The summed E-state index contributed by atoms with van der Waals surface area (Å²) in [6, 6.07) is 15.4. The maximum absolute atomic E-state index is 12.2. The lowest BCUT2D eigenvalue weighted by molar-refractivity contribution is 0.0939. The molecule has 2 rings (SSSR count). The Labute approximate surface area is 127 Å². The molecule has 0 fully saturated rings. The van der Waals surface area contributed by atoms with Gasteiger partial charge in [0.15, 0.2) is 0 Å². The number of nitrogen functional groups attached to an aromatic ring is 1. The van der Waals surface area contributed by atoms with E-state index in [1.807, 2.05) is 25.1 Å². The number of hydrogen-bond acceptors (Lipinski definition) is 2. The van der Waals surface area contributed by atoms with Crippen LogP contribution in [0.2, 0.25) is 0 Å². The number of carbonyl (C=O) groups excluding carboxylic acids is 1. The first-order chi connectivity index (χ1) is 9.56. The van der Waals surface area contributed by atoms with E-state index < -0.39 is 0 Å². The number of anilines is 1. The predicted molar refractivity (Wildman–Crippen MR) is 85.6 cm³/mol. The van der Waals surface area contributed by atoms with E-state index in [4.69, 9.17) is 5.73 Å². The molecule has 0 saturated heterocycles. The number of nitrogens with two attached hydrogens (primary N) is 1. The van der Waals surface area contributed by atoms with Crippen molar-refractivity contribution >= 4 is 27.5 Å². The summed E-state index contributed by atoms with van der Waals surface area (Å²) in [7, 11) is 0. The molecule has 3 N–H and O–H groups in total. The second-order valence-corrected chi connectivity index (χ2v) is 5.66. The minimum Gasteiger partial charge on any atom is -0.399 e. The molecule has 0 aliphatic rings.